The summed E-state index contributed by atoms with van der Waals surface area (Å²) in [5.74, 6) is 4.91. The predicted octanol–water partition coefficient (Wildman–Crippen LogP) is 0.818. The maximum Gasteiger partial charge on any atom is 0.275 e. The molecule has 5 nitrogen and oxygen atoms in total. The summed E-state index contributed by atoms with van der Waals surface area (Å²) in [5, 5.41) is 1.90. The molecule has 1 heterocycles. The molecule has 17 heavy (non-hydrogen) atoms. The smallest absolute Gasteiger partial charge is 0.275 e. The quantitative estimate of drug-likeness (QED) is 0.450. The summed E-state index contributed by atoms with van der Waals surface area (Å²) in [5.41, 5.74) is 3.15. The Balaban J connectivity index is 2.68. The van der Waals surface area contributed by atoms with Crippen molar-refractivity contribution in [3.63, 3.8) is 0 Å². The molecule has 96 valence electrons. The Bertz CT molecular complexity index is 367. The van der Waals surface area contributed by atoms with Gasteiger partial charge in [-0.25, -0.2) is 5.84 Å². The fourth-order valence-corrected chi connectivity index (χ4v) is 2.34. The number of carbonyl (C=O) groups is 1. The number of likely N-dealkylation sites (N-methyl/N-ethyl adjacent to an activating group) is 1. The number of nitrogen functional groups attached to an aromatic ring is 1. The monoisotopic (exact) mass is 257 g/mol. The summed E-state index contributed by atoms with van der Waals surface area (Å²) >= 11 is 1.40. The third-order valence-electron chi connectivity index (χ3n) is 2.66. The molecule has 6 heteroatoms. The summed E-state index contributed by atoms with van der Waals surface area (Å²) in [4.78, 5) is 14.3. The summed E-state index contributed by atoms with van der Waals surface area (Å²) in [7, 11) is 3.69. The van der Waals surface area contributed by atoms with Crippen LogP contribution in [0, 0.1) is 0 Å². The van der Waals surface area contributed by atoms with Gasteiger partial charge in [0.1, 0.15) is 0 Å². The average molecular weight is 257 g/mol. The van der Waals surface area contributed by atoms with Gasteiger partial charge in [0.15, 0.2) is 0 Å². The van der Waals surface area contributed by atoms with Crippen LogP contribution in [0.5, 0.6) is 0 Å². The van der Waals surface area contributed by atoms with Crippen LogP contribution in [-0.4, -0.2) is 37.6 Å². The Labute approximate surface area is 106 Å². The van der Waals surface area contributed by atoms with Gasteiger partial charge in [-0.2, -0.15) is 0 Å². The molecular formula is C11H19N3O2S. The van der Waals surface area contributed by atoms with E-state index in [4.69, 9.17) is 10.6 Å². The summed E-state index contributed by atoms with van der Waals surface area (Å²) in [6, 6.07) is 2.25. The molecule has 0 radical (unpaired) electrons. The van der Waals surface area contributed by atoms with Gasteiger partial charge in [0, 0.05) is 19.7 Å². The van der Waals surface area contributed by atoms with E-state index in [9.17, 15) is 4.79 Å². The Morgan fingerprint density at radius 3 is 3.00 bits per heavy atom. The molecule has 1 atom stereocenters. The molecule has 0 saturated carbocycles. The summed E-state index contributed by atoms with van der Waals surface area (Å²) in [6.07, 6.45) is 0. The van der Waals surface area contributed by atoms with Crippen molar-refractivity contribution >= 4 is 17.2 Å². The molecule has 1 unspecified atom stereocenters. The van der Waals surface area contributed by atoms with E-state index in [1.807, 2.05) is 18.5 Å². The van der Waals surface area contributed by atoms with Crippen molar-refractivity contribution in [1.82, 2.24) is 10.3 Å². The molecule has 0 aliphatic heterocycles. The first-order chi connectivity index (χ1) is 8.10. The largest absolute Gasteiger partial charge is 0.383 e. The second-order valence-electron chi connectivity index (χ2n) is 3.97. The van der Waals surface area contributed by atoms with Crippen LogP contribution in [0.25, 0.3) is 0 Å². The lowest BCUT2D eigenvalue weighted by molar-refractivity contribution is 0.0952. The topological polar surface area (TPSA) is 67.6 Å². The van der Waals surface area contributed by atoms with Crippen molar-refractivity contribution < 1.29 is 9.53 Å². The molecule has 1 aromatic rings. The second kappa shape index (κ2) is 6.70. The standard InChI is InChI=1S/C11H19N3O2S/c1-8(7-16-3)14(2)6-9-4-5-17-10(9)11(15)13-12/h4-5,8H,6-7,12H2,1-3H3,(H,13,15). The molecule has 0 bridgehead atoms. The van der Waals surface area contributed by atoms with E-state index >= 15 is 0 Å². The van der Waals surface area contributed by atoms with E-state index in [0.717, 1.165) is 5.56 Å². The van der Waals surface area contributed by atoms with Gasteiger partial charge in [-0.1, -0.05) is 0 Å². The number of nitrogens with zero attached hydrogens (tertiary/aromatic N) is 1. The van der Waals surface area contributed by atoms with Crippen molar-refractivity contribution in [1.29, 1.82) is 0 Å². The van der Waals surface area contributed by atoms with E-state index < -0.39 is 0 Å². The van der Waals surface area contributed by atoms with Gasteiger partial charge in [-0.15, -0.1) is 11.3 Å². The van der Waals surface area contributed by atoms with Crippen molar-refractivity contribution in [2.24, 2.45) is 5.84 Å². The van der Waals surface area contributed by atoms with Crippen LogP contribution < -0.4 is 11.3 Å². The molecule has 0 aliphatic rings. The fourth-order valence-electron chi connectivity index (χ4n) is 1.52. The number of rotatable bonds is 6. The van der Waals surface area contributed by atoms with E-state index in [-0.39, 0.29) is 5.91 Å². The minimum atomic E-state index is -0.234. The number of hydrazine groups is 1. The van der Waals surface area contributed by atoms with Gasteiger partial charge < -0.3 is 4.74 Å². The number of nitrogens with one attached hydrogen (secondary N) is 1. The van der Waals surface area contributed by atoms with Crippen LogP contribution in [0.2, 0.25) is 0 Å². The van der Waals surface area contributed by atoms with Crippen LogP contribution in [0.4, 0.5) is 0 Å². The average Bonchev–Trinajstić information content (AvgIpc) is 2.76. The molecule has 0 spiro atoms. The number of nitrogens with two attached hydrogens (primary N) is 1. The van der Waals surface area contributed by atoms with E-state index in [0.29, 0.717) is 24.1 Å². The zero-order valence-electron chi connectivity index (χ0n) is 10.4. The minimum absolute atomic E-state index is 0.234. The van der Waals surface area contributed by atoms with Crippen LogP contribution in [-0.2, 0) is 11.3 Å². The lowest BCUT2D eigenvalue weighted by atomic mass is 10.2. The Morgan fingerprint density at radius 2 is 2.41 bits per heavy atom. The zero-order valence-corrected chi connectivity index (χ0v) is 11.2. The first-order valence-electron chi connectivity index (χ1n) is 5.36. The molecule has 1 amide bonds. The van der Waals surface area contributed by atoms with Crippen LogP contribution in [0.15, 0.2) is 11.4 Å². The molecule has 0 aliphatic carbocycles. The molecule has 0 fully saturated rings. The van der Waals surface area contributed by atoms with Crippen molar-refractivity contribution in [3.05, 3.63) is 21.9 Å². The Hall–Kier alpha value is -0.950. The van der Waals surface area contributed by atoms with Gasteiger partial charge in [-0.3, -0.25) is 15.1 Å². The van der Waals surface area contributed by atoms with Gasteiger partial charge >= 0.3 is 0 Å². The van der Waals surface area contributed by atoms with Gasteiger partial charge in [0.2, 0.25) is 0 Å². The molecule has 1 aromatic heterocycles. The van der Waals surface area contributed by atoms with Crippen LogP contribution >= 0.6 is 11.3 Å². The summed E-state index contributed by atoms with van der Waals surface area (Å²) < 4.78 is 5.10. The SMILES string of the molecule is COCC(C)N(C)Cc1ccsc1C(=O)NN. The summed E-state index contributed by atoms with van der Waals surface area (Å²) in [6.45, 7) is 3.45. The van der Waals surface area contributed by atoms with E-state index in [2.05, 4.69) is 17.2 Å². The van der Waals surface area contributed by atoms with Crippen LogP contribution in [0.3, 0.4) is 0 Å². The third kappa shape index (κ3) is 3.78. The number of ether oxygens (including phenoxy) is 1. The lowest BCUT2D eigenvalue weighted by Gasteiger charge is -2.23. The zero-order chi connectivity index (χ0) is 12.8. The normalized spacial score (nSPS) is 12.8. The maximum atomic E-state index is 11.5. The highest BCUT2D eigenvalue weighted by molar-refractivity contribution is 7.12. The molecule has 0 saturated heterocycles. The lowest BCUT2D eigenvalue weighted by Crippen LogP contribution is -2.34. The molecule has 0 aromatic carbocycles. The number of thiophene rings is 1. The maximum absolute atomic E-state index is 11.5. The Morgan fingerprint density at radius 1 is 1.71 bits per heavy atom. The molecular weight excluding hydrogens is 238 g/mol. The van der Waals surface area contributed by atoms with Gasteiger partial charge in [0.25, 0.3) is 5.91 Å². The first kappa shape index (κ1) is 14.1. The van der Waals surface area contributed by atoms with Gasteiger partial charge in [-0.05, 0) is 31.0 Å². The fraction of sp³-hybridized carbons (Fsp3) is 0.545. The number of hydrogen-bond acceptors (Lipinski definition) is 5. The number of amides is 1. The highest BCUT2D eigenvalue weighted by Gasteiger charge is 2.15. The number of hydrogen-bond donors (Lipinski definition) is 2. The third-order valence-corrected chi connectivity index (χ3v) is 3.62. The number of carbonyl (C=O) groups excluding carboxylic acids is 1. The van der Waals surface area contributed by atoms with E-state index in [1.54, 1.807) is 7.11 Å². The highest BCUT2D eigenvalue weighted by atomic mass is 32.1. The minimum Gasteiger partial charge on any atom is -0.383 e. The number of methoxy groups -OCH3 is 1. The molecule has 1 rings (SSSR count). The van der Waals surface area contributed by atoms with Gasteiger partial charge in [0.05, 0.1) is 11.5 Å². The van der Waals surface area contributed by atoms with Crippen molar-refractivity contribution in [2.75, 3.05) is 20.8 Å². The van der Waals surface area contributed by atoms with Crippen molar-refractivity contribution in [2.45, 2.75) is 19.5 Å². The van der Waals surface area contributed by atoms with Crippen LogP contribution in [0.1, 0.15) is 22.2 Å². The first-order valence-corrected chi connectivity index (χ1v) is 6.24. The van der Waals surface area contributed by atoms with Crippen molar-refractivity contribution in [3.8, 4) is 0 Å². The Kier molecular flexibility index (Phi) is 5.57. The second-order valence-corrected chi connectivity index (χ2v) is 4.88. The predicted molar refractivity (Wildman–Crippen MR) is 68.8 cm³/mol. The molecule has 3 N–H and O–H groups in total. The van der Waals surface area contributed by atoms with E-state index in [1.165, 1.54) is 11.3 Å². The highest BCUT2D eigenvalue weighted by Crippen LogP contribution is 2.18.